The predicted octanol–water partition coefficient (Wildman–Crippen LogP) is 2.05. The number of piperidine rings is 1. The number of carbonyl (C=O) groups is 1. The molecule has 0 aliphatic carbocycles. The molecule has 4 nitrogen and oxygen atoms in total. The first-order valence-corrected chi connectivity index (χ1v) is 7.93. The van der Waals surface area contributed by atoms with Crippen LogP contribution in [0.25, 0.3) is 0 Å². The number of benzene rings is 1. The molecule has 21 heavy (non-hydrogen) atoms. The average Bonchev–Trinajstić information content (AvgIpc) is 2.90. The standard InChI is InChI=1S/C17H24N2O2/c1-12(2)19-10-5-13-3-4-14(11-16(13)19)17(21)18-8-6-15(20)7-9-18/h3-4,11-12,15,20H,5-10H2,1-2H3. The van der Waals surface area contributed by atoms with Crippen LogP contribution in [0.15, 0.2) is 18.2 Å². The van der Waals surface area contributed by atoms with Crippen LogP contribution in [0.5, 0.6) is 0 Å². The van der Waals surface area contributed by atoms with E-state index in [1.807, 2.05) is 11.0 Å². The Morgan fingerprint density at radius 3 is 2.62 bits per heavy atom. The van der Waals surface area contributed by atoms with Crippen molar-refractivity contribution in [3.05, 3.63) is 29.3 Å². The Hall–Kier alpha value is -1.55. The van der Waals surface area contributed by atoms with E-state index in [4.69, 9.17) is 0 Å². The van der Waals surface area contributed by atoms with Gasteiger partial charge < -0.3 is 14.9 Å². The number of fused-ring (bicyclic) bond motifs is 1. The second-order valence-electron chi connectivity index (χ2n) is 6.40. The lowest BCUT2D eigenvalue weighted by molar-refractivity contribution is 0.0546. The number of hydrogen-bond donors (Lipinski definition) is 1. The molecular formula is C17H24N2O2. The van der Waals surface area contributed by atoms with Crippen molar-refractivity contribution in [2.45, 2.75) is 45.3 Å². The molecule has 2 heterocycles. The van der Waals surface area contributed by atoms with E-state index in [1.165, 1.54) is 11.3 Å². The summed E-state index contributed by atoms with van der Waals surface area (Å²) in [5, 5.41) is 9.56. The SMILES string of the molecule is CC(C)N1CCc2ccc(C(=O)N3CCC(O)CC3)cc21. The Kier molecular flexibility index (Phi) is 3.89. The van der Waals surface area contributed by atoms with Gasteiger partial charge in [0.1, 0.15) is 0 Å². The summed E-state index contributed by atoms with van der Waals surface area (Å²) in [5.41, 5.74) is 3.33. The smallest absolute Gasteiger partial charge is 0.253 e. The maximum absolute atomic E-state index is 12.6. The Morgan fingerprint density at radius 1 is 1.24 bits per heavy atom. The maximum atomic E-state index is 12.6. The van der Waals surface area contributed by atoms with E-state index in [0.717, 1.165) is 18.5 Å². The number of hydrogen-bond acceptors (Lipinski definition) is 3. The third kappa shape index (κ3) is 2.77. The molecule has 2 aliphatic heterocycles. The molecule has 1 amide bonds. The minimum atomic E-state index is -0.245. The van der Waals surface area contributed by atoms with Crippen LogP contribution in [-0.2, 0) is 6.42 Å². The summed E-state index contributed by atoms with van der Waals surface area (Å²) in [6.07, 6.45) is 2.20. The molecule has 1 N–H and O–H groups in total. The van der Waals surface area contributed by atoms with Crippen molar-refractivity contribution in [3.63, 3.8) is 0 Å². The van der Waals surface area contributed by atoms with Crippen molar-refractivity contribution in [1.82, 2.24) is 4.90 Å². The minimum Gasteiger partial charge on any atom is -0.393 e. The maximum Gasteiger partial charge on any atom is 0.253 e. The van der Waals surface area contributed by atoms with Crippen molar-refractivity contribution < 1.29 is 9.90 Å². The van der Waals surface area contributed by atoms with E-state index in [-0.39, 0.29) is 12.0 Å². The van der Waals surface area contributed by atoms with Crippen molar-refractivity contribution in [2.75, 3.05) is 24.5 Å². The second kappa shape index (κ2) is 5.68. The van der Waals surface area contributed by atoms with E-state index < -0.39 is 0 Å². The molecule has 0 bridgehead atoms. The van der Waals surface area contributed by atoms with Gasteiger partial charge in [0.05, 0.1) is 6.10 Å². The van der Waals surface area contributed by atoms with Gasteiger partial charge in [0.2, 0.25) is 0 Å². The molecule has 0 unspecified atom stereocenters. The fourth-order valence-electron chi connectivity index (χ4n) is 3.32. The van der Waals surface area contributed by atoms with Crippen molar-refractivity contribution in [2.24, 2.45) is 0 Å². The van der Waals surface area contributed by atoms with Crippen LogP contribution in [0.1, 0.15) is 42.6 Å². The van der Waals surface area contributed by atoms with E-state index in [2.05, 4.69) is 30.9 Å². The van der Waals surface area contributed by atoms with Gasteiger partial charge in [-0.25, -0.2) is 0 Å². The molecule has 3 rings (SSSR count). The van der Waals surface area contributed by atoms with Crippen LogP contribution in [0.4, 0.5) is 5.69 Å². The summed E-state index contributed by atoms with van der Waals surface area (Å²) in [5.74, 6) is 0.0975. The van der Waals surface area contributed by atoms with E-state index in [1.54, 1.807) is 0 Å². The van der Waals surface area contributed by atoms with Gasteiger partial charge in [0.15, 0.2) is 0 Å². The first-order valence-electron chi connectivity index (χ1n) is 7.93. The van der Waals surface area contributed by atoms with Crippen LogP contribution in [0, 0.1) is 0 Å². The van der Waals surface area contributed by atoms with Gasteiger partial charge >= 0.3 is 0 Å². The fraction of sp³-hybridized carbons (Fsp3) is 0.588. The van der Waals surface area contributed by atoms with Gasteiger partial charge in [-0.2, -0.15) is 0 Å². The molecule has 1 fully saturated rings. The topological polar surface area (TPSA) is 43.8 Å². The fourth-order valence-corrected chi connectivity index (χ4v) is 3.32. The first kappa shape index (κ1) is 14.4. The zero-order valence-corrected chi connectivity index (χ0v) is 12.9. The highest BCUT2D eigenvalue weighted by Crippen LogP contribution is 2.31. The number of amides is 1. The molecule has 0 saturated carbocycles. The van der Waals surface area contributed by atoms with Gasteiger partial charge in [0, 0.05) is 36.9 Å². The third-order valence-corrected chi connectivity index (χ3v) is 4.64. The molecular weight excluding hydrogens is 264 g/mol. The molecule has 0 spiro atoms. The molecule has 0 radical (unpaired) electrons. The first-order chi connectivity index (χ1) is 10.1. The number of nitrogens with zero attached hydrogens (tertiary/aromatic N) is 2. The number of rotatable bonds is 2. The van der Waals surface area contributed by atoms with Gasteiger partial charge in [-0.1, -0.05) is 6.07 Å². The highest BCUT2D eigenvalue weighted by Gasteiger charge is 2.26. The highest BCUT2D eigenvalue weighted by molar-refractivity contribution is 5.95. The van der Waals surface area contributed by atoms with Crippen molar-refractivity contribution in [3.8, 4) is 0 Å². The monoisotopic (exact) mass is 288 g/mol. The van der Waals surface area contributed by atoms with Crippen molar-refractivity contribution >= 4 is 11.6 Å². The van der Waals surface area contributed by atoms with Gasteiger partial charge in [-0.05, 0) is 50.8 Å². The molecule has 1 aromatic carbocycles. The Balaban J connectivity index is 1.80. The Labute approximate surface area is 126 Å². The molecule has 0 aromatic heterocycles. The lowest BCUT2D eigenvalue weighted by Gasteiger charge is -2.30. The predicted molar refractivity (Wildman–Crippen MR) is 83.8 cm³/mol. The number of anilines is 1. The lowest BCUT2D eigenvalue weighted by atomic mass is 10.0. The highest BCUT2D eigenvalue weighted by atomic mass is 16.3. The normalized spacial score (nSPS) is 19.2. The summed E-state index contributed by atoms with van der Waals surface area (Å²) in [4.78, 5) is 16.8. The Morgan fingerprint density at radius 2 is 1.95 bits per heavy atom. The van der Waals surface area contributed by atoms with E-state index in [9.17, 15) is 9.90 Å². The molecule has 114 valence electrons. The number of aliphatic hydroxyl groups is 1. The average molecular weight is 288 g/mol. The molecule has 2 aliphatic rings. The summed E-state index contributed by atoms with van der Waals surface area (Å²) >= 11 is 0. The second-order valence-corrected chi connectivity index (χ2v) is 6.40. The molecule has 4 heteroatoms. The zero-order valence-electron chi connectivity index (χ0n) is 12.9. The third-order valence-electron chi connectivity index (χ3n) is 4.64. The van der Waals surface area contributed by atoms with E-state index in [0.29, 0.717) is 32.0 Å². The quantitative estimate of drug-likeness (QED) is 0.906. The van der Waals surface area contributed by atoms with Gasteiger partial charge in [-0.15, -0.1) is 0 Å². The van der Waals surface area contributed by atoms with Crippen LogP contribution in [0.2, 0.25) is 0 Å². The van der Waals surface area contributed by atoms with Crippen molar-refractivity contribution in [1.29, 1.82) is 0 Å². The van der Waals surface area contributed by atoms with E-state index >= 15 is 0 Å². The minimum absolute atomic E-state index is 0.0975. The Bertz CT molecular complexity index is 534. The largest absolute Gasteiger partial charge is 0.393 e. The van der Waals surface area contributed by atoms with Gasteiger partial charge in [0.25, 0.3) is 5.91 Å². The lowest BCUT2D eigenvalue weighted by Crippen LogP contribution is -2.40. The summed E-state index contributed by atoms with van der Waals surface area (Å²) in [7, 11) is 0. The van der Waals surface area contributed by atoms with Crippen LogP contribution < -0.4 is 4.90 Å². The number of likely N-dealkylation sites (tertiary alicyclic amines) is 1. The molecule has 1 aromatic rings. The molecule has 0 atom stereocenters. The number of aliphatic hydroxyl groups excluding tert-OH is 1. The van der Waals surface area contributed by atoms with Crippen LogP contribution in [0.3, 0.4) is 0 Å². The zero-order chi connectivity index (χ0) is 15.0. The van der Waals surface area contributed by atoms with Crippen LogP contribution >= 0.6 is 0 Å². The summed E-state index contributed by atoms with van der Waals surface area (Å²) < 4.78 is 0. The number of carbonyl (C=O) groups excluding carboxylic acids is 1. The summed E-state index contributed by atoms with van der Waals surface area (Å²) in [6, 6.07) is 6.57. The van der Waals surface area contributed by atoms with Crippen LogP contribution in [-0.4, -0.2) is 47.7 Å². The summed E-state index contributed by atoms with van der Waals surface area (Å²) in [6.45, 7) is 6.74. The van der Waals surface area contributed by atoms with Gasteiger partial charge in [-0.3, -0.25) is 4.79 Å². The molecule has 1 saturated heterocycles.